The highest BCUT2D eigenvalue weighted by Gasteiger charge is 2.62. The molecule has 41 heavy (non-hydrogen) atoms. The minimum absolute atomic E-state index is 0.00344. The third-order valence-corrected chi connectivity index (χ3v) is 8.69. The van der Waals surface area contributed by atoms with Gasteiger partial charge in [0.15, 0.2) is 0 Å². The van der Waals surface area contributed by atoms with Crippen LogP contribution in [0.2, 0.25) is 5.02 Å². The maximum atomic E-state index is 14.7. The van der Waals surface area contributed by atoms with Crippen LogP contribution in [0.1, 0.15) is 57.0 Å². The van der Waals surface area contributed by atoms with Crippen molar-refractivity contribution >= 4 is 40.7 Å². The Morgan fingerprint density at radius 2 is 1.66 bits per heavy atom. The fourth-order valence-corrected chi connectivity index (χ4v) is 6.89. The lowest BCUT2D eigenvalue weighted by Gasteiger charge is -2.39. The van der Waals surface area contributed by atoms with E-state index < -0.39 is 10.8 Å². The highest BCUT2D eigenvalue weighted by atomic mass is 35.5. The average Bonchev–Trinajstić information content (AvgIpc) is 3.44. The molecule has 0 radical (unpaired) electrons. The van der Waals surface area contributed by atoms with Gasteiger partial charge in [-0.25, -0.2) is 0 Å². The minimum atomic E-state index is -0.820. The summed E-state index contributed by atoms with van der Waals surface area (Å²) in [4.78, 5) is 46.1. The largest absolute Gasteiger partial charge is 0.345 e. The zero-order valence-electron chi connectivity index (χ0n) is 24.9. The normalized spacial score (nSPS) is 20.2. The molecule has 7 heteroatoms. The van der Waals surface area contributed by atoms with Gasteiger partial charge in [0.05, 0.1) is 27.7 Å². The smallest absolute Gasteiger partial charge is 0.254 e. The lowest BCUT2D eigenvalue weighted by atomic mass is 9.71. The van der Waals surface area contributed by atoms with Gasteiger partial charge in [0.25, 0.3) is 5.91 Å². The molecule has 0 aromatic heterocycles. The summed E-state index contributed by atoms with van der Waals surface area (Å²) in [7, 11) is 3.39. The molecule has 5 rings (SSSR count). The monoisotopic (exact) mass is 571 g/mol. The Hall–Kier alpha value is -3.64. The number of hydrogen-bond donors (Lipinski definition) is 0. The number of benzene rings is 3. The standard InChI is InChI=1S/C34H38ClN3O3/c1-21(2)29-34(17-18-37(29)31(40)33(3,4)5)26-13-8-9-14-28(26)38(32(34)41)24-12-10-11-22(19-24)23-15-16-25(27(35)20-23)30(39)36(6)7/h8-16,19-21,29H,17-18H2,1-7H3/t29?,34-/m0/s1. The number of carbonyl (C=O) groups is 3. The lowest BCUT2D eigenvalue weighted by Crippen LogP contribution is -2.54. The number of amides is 3. The Morgan fingerprint density at radius 1 is 0.976 bits per heavy atom. The molecule has 1 spiro atoms. The molecule has 1 unspecified atom stereocenters. The molecular weight excluding hydrogens is 534 g/mol. The molecule has 2 aliphatic rings. The van der Waals surface area contributed by atoms with E-state index in [0.717, 1.165) is 28.1 Å². The predicted molar refractivity (Wildman–Crippen MR) is 165 cm³/mol. The number of hydrogen-bond acceptors (Lipinski definition) is 3. The van der Waals surface area contributed by atoms with E-state index in [1.165, 1.54) is 4.90 Å². The van der Waals surface area contributed by atoms with E-state index in [2.05, 4.69) is 19.9 Å². The molecule has 2 atom stereocenters. The van der Waals surface area contributed by atoms with E-state index in [-0.39, 0.29) is 29.7 Å². The van der Waals surface area contributed by atoms with E-state index in [9.17, 15) is 14.4 Å². The van der Waals surface area contributed by atoms with Gasteiger partial charge in [-0.3, -0.25) is 19.3 Å². The zero-order chi connectivity index (χ0) is 29.9. The number of rotatable bonds is 4. The minimum Gasteiger partial charge on any atom is -0.345 e. The van der Waals surface area contributed by atoms with Gasteiger partial charge in [0, 0.05) is 31.7 Å². The fourth-order valence-electron chi connectivity index (χ4n) is 6.62. The molecule has 3 amide bonds. The second kappa shape index (κ2) is 10.3. The zero-order valence-corrected chi connectivity index (χ0v) is 25.6. The summed E-state index contributed by atoms with van der Waals surface area (Å²) in [6.07, 6.45) is 0.584. The predicted octanol–water partition coefficient (Wildman–Crippen LogP) is 6.93. The van der Waals surface area contributed by atoms with E-state index in [0.29, 0.717) is 23.6 Å². The van der Waals surface area contributed by atoms with Crippen LogP contribution in [0.3, 0.4) is 0 Å². The first-order valence-corrected chi connectivity index (χ1v) is 14.5. The van der Waals surface area contributed by atoms with Crippen LogP contribution in [0, 0.1) is 11.3 Å². The summed E-state index contributed by atoms with van der Waals surface area (Å²) in [6, 6.07) is 21.0. The number of halogens is 1. The van der Waals surface area contributed by atoms with Crippen LogP contribution in [0.15, 0.2) is 66.7 Å². The number of nitrogens with zero attached hydrogens (tertiary/aromatic N) is 3. The van der Waals surface area contributed by atoms with Gasteiger partial charge in [-0.05, 0) is 59.4 Å². The number of fused-ring (bicyclic) bond motifs is 2. The number of carbonyl (C=O) groups excluding carboxylic acids is 3. The highest BCUT2D eigenvalue weighted by molar-refractivity contribution is 6.34. The molecular formula is C34H38ClN3O3. The summed E-state index contributed by atoms with van der Waals surface area (Å²) in [5.74, 6) is 0.00310. The van der Waals surface area contributed by atoms with Gasteiger partial charge in [-0.1, -0.05) is 82.6 Å². The maximum Gasteiger partial charge on any atom is 0.254 e. The Morgan fingerprint density at radius 3 is 2.29 bits per heavy atom. The van der Waals surface area contributed by atoms with Gasteiger partial charge in [-0.2, -0.15) is 0 Å². The van der Waals surface area contributed by atoms with E-state index >= 15 is 0 Å². The van der Waals surface area contributed by atoms with Gasteiger partial charge in [-0.15, -0.1) is 0 Å². The van der Waals surface area contributed by atoms with Crippen LogP contribution < -0.4 is 4.90 Å². The van der Waals surface area contributed by atoms with E-state index in [1.807, 2.05) is 79.1 Å². The summed E-state index contributed by atoms with van der Waals surface area (Å²) in [6.45, 7) is 10.6. The van der Waals surface area contributed by atoms with Crippen LogP contribution in [0.4, 0.5) is 11.4 Å². The van der Waals surface area contributed by atoms with Crippen LogP contribution in [0.25, 0.3) is 11.1 Å². The van der Waals surface area contributed by atoms with Crippen molar-refractivity contribution in [3.63, 3.8) is 0 Å². The molecule has 3 aromatic rings. The molecule has 0 aliphatic carbocycles. The number of anilines is 2. The highest BCUT2D eigenvalue weighted by Crippen LogP contribution is 2.55. The van der Waals surface area contributed by atoms with Crippen molar-refractivity contribution in [1.29, 1.82) is 0 Å². The second-order valence-corrected chi connectivity index (χ2v) is 13.2. The van der Waals surface area contributed by atoms with Gasteiger partial charge < -0.3 is 9.80 Å². The summed E-state index contributed by atoms with van der Waals surface area (Å²) >= 11 is 6.53. The average molecular weight is 572 g/mol. The topological polar surface area (TPSA) is 60.9 Å². The third-order valence-electron chi connectivity index (χ3n) is 8.38. The molecule has 2 heterocycles. The SMILES string of the molecule is CC(C)C1N(C(=O)C(C)(C)C)CC[C@@]12C(=O)N(c1cccc(-c3ccc(C(=O)N(C)C)c(Cl)c3)c1)c1ccccc12. The fraction of sp³-hybridized carbons (Fsp3) is 0.382. The van der Waals surface area contributed by atoms with Crippen molar-refractivity contribution in [2.75, 3.05) is 25.5 Å². The van der Waals surface area contributed by atoms with Crippen molar-refractivity contribution in [3.8, 4) is 11.1 Å². The Bertz CT molecular complexity index is 1540. The van der Waals surface area contributed by atoms with Crippen LogP contribution in [0.5, 0.6) is 0 Å². The maximum absolute atomic E-state index is 14.7. The van der Waals surface area contributed by atoms with Gasteiger partial charge >= 0.3 is 0 Å². The Balaban J connectivity index is 1.58. The first-order valence-electron chi connectivity index (χ1n) is 14.2. The molecule has 214 valence electrons. The van der Waals surface area contributed by atoms with Crippen molar-refractivity contribution in [2.24, 2.45) is 11.3 Å². The van der Waals surface area contributed by atoms with Crippen molar-refractivity contribution in [3.05, 3.63) is 82.9 Å². The first kappa shape index (κ1) is 28.9. The Kier molecular flexibility index (Phi) is 7.27. The quantitative estimate of drug-likeness (QED) is 0.341. The second-order valence-electron chi connectivity index (χ2n) is 12.8. The Labute approximate surface area is 247 Å². The molecule has 0 saturated carbocycles. The van der Waals surface area contributed by atoms with E-state index in [1.54, 1.807) is 26.2 Å². The molecule has 1 fully saturated rings. The van der Waals surface area contributed by atoms with Gasteiger partial charge in [0.1, 0.15) is 0 Å². The number of likely N-dealkylation sites (tertiary alicyclic amines) is 1. The van der Waals surface area contributed by atoms with Crippen LogP contribution in [-0.2, 0) is 15.0 Å². The third kappa shape index (κ3) is 4.62. The van der Waals surface area contributed by atoms with Crippen molar-refractivity contribution < 1.29 is 14.4 Å². The van der Waals surface area contributed by atoms with Crippen LogP contribution >= 0.6 is 11.6 Å². The molecule has 6 nitrogen and oxygen atoms in total. The summed E-state index contributed by atoms with van der Waals surface area (Å²) in [5, 5.41) is 0.377. The molecule has 0 N–H and O–H groups in total. The van der Waals surface area contributed by atoms with Gasteiger partial charge in [0.2, 0.25) is 11.8 Å². The molecule has 0 bridgehead atoms. The molecule has 2 aliphatic heterocycles. The lowest BCUT2D eigenvalue weighted by molar-refractivity contribution is -0.142. The first-order chi connectivity index (χ1) is 19.3. The molecule has 3 aromatic carbocycles. The summed E-state index contributed by atoms with van der Waals surface area (Å²) < 4.78 is 0. The van der Waals surface area contributed by atoms with Crippen LogP contribution in [-0.4, -0.2) is 54.2 Å². The molecule has 1 saturated heterocycles. The van der Waals surface area contributed by atoms with Crippen molar-refractivity contribution in [2.45, 2.75) is 52.5 Å². The number of para-hydroxylation sites is 1. The summed E-state index contributed by atoms with van der Waals surface area (Å²) in [5.41, 5.74) is 3.41. The van der Waals surface area contributed by atoms with Crippen molar-refractivity contribution in [1.82, 2.24) is 9.80 Å². The van der Waals surface area contributed by atoms with E-state index in [4.69, 9.17) is 11.6 Å².